The summed E-state index contributed by atoms with van der Waals surface area (Å²) in [6.45, 7) is 4.08. The molecule has 0 aliphatic carbocycles. The van der Waals surface area contributed by atoms with Gasteiger partial charge in [0, 0.05) is 5.92 Å². The first-order chi connectivity index (χ1) is 6.16. The molecule has 0 saturated heterocycles. The lowest BCUT2D eigenvalue weighted by atomic mass is 10.2. The van der Waals surface area contributed by atoms with Crippen LogP contribution in [0.15, 0.2) is 21.2 Å². The zero-order valence-electron chi connectivity index (χ0n) is 7.41. The molecule has 68 valence electrons. The fourth-order valence-corrected chi connectivity index (χ4v) is 1.36. The molecule has 0 N–H and O–H groups in total. The van der Waals surface area contributed by atoms with Crippen molar-refractivity contribution in [3.63, 3.8) is 0 Å². The molecule has 0 bridgehead atoms. The minimum atomic E-state index is 0.299. The van der Waals surface area contributed by atoms with Crippen LogP contribution in [0.5, 0.6) is 0 Å². The summed E-state index contributed by atoms with van der Waals surface area (Å²) in [7, 11) is 0. The summed E-state index contributed by atoms with van der Waals surface area (Å²) in [6.07, 6.45) is 0. The van der Waals surface area contributed by atoms with Crippen molar-refractivity contribution in [2.75, 3.05) is 0 Å². The van der Waals surface area contributed by atoms with Crippen molar-refractivity contribution in [1.82, 2.24) is 9.97 Å². The Kier molecular flexibility index (Phi) is 2.07. The predicted octanol–water partition coefficient (Wildman–Crippen LogP) is 3.11. The molecule has 3 nitrogen and oxygen atoms in total. The van der Waals surface area contributed by atoms with E-state index < -0.39 is 0 Å². The molecule has 0 aromatic carbocycles. The molecule has 2 heterocycles. The maximum Gasteiger partial charge on any atom is 0.199 e. The summed E-state index contributed by atoms with van der Waals surface area (Å²) in [5.74, 6) is 1.04. The van der Waals surface area contributed by atoms with Gasteiger partial charge >= 0.3 is 0 Å². The van der Waals surface area contributed by atoms with Crippen LogP contribution < -0.4 is 0 Å². The summed E-state index contributed by atoms with van der Waals surface area (Å²) in [6, 6.07) is 3.71. The Hall–Kier alpha value is -0.900. The van der Waals surface area contributed by atoms with Crippen molar-refractivity contribution in [3.05, 3.63) is 22.6 Å². The molecule has 0 radical (unpaired) electrons. The number of fused-ring (bicyclic) bond motifs is 1. The number of aromatic nitrogens is 2. The number of rotatable bonds is 1. The van der Waals surface area contributed by atoms with Gasteiger partial charge in [0.1, 0.15) is 4.60 Å². The highest BCUT2D eigenvalue weighted by Crippen LogP contribution is 2.20. The van der Waals surface area contributed by atoms with Crippen molar-refractivity contribution in [1.29, 1.82) is 0 Å². The van der Waals surface area contributed by atoms with Gasteiger partial charge in [0.25, 0.3) is 0 Å². The van der Waals surface area contributed by atoms with Gasteiger partial charge in [-0.05, 0) is 28.1 Å². The lowest BCUT2D eigenvalue weighted by molar-refractivity contribution is 0.501. The van der Waals surface area contributed by atoms with Gasteiger partial charge in [0.2, 0.25) is 0 Å². The van der Waals surface area contributed by atoms with Gasteiger partial charge in [-0.1, -0.05) is 13.8 Å². The van der Waals surface area contributed by atoms with E-state index in [2.05, 4.69) is 25.9 Å². The topological polar surface area (TPSA) is 38.9 Å². The number of oxazole rings is 1. The molecule has 0 atom stereocenters. The maximum atomic E-state index is 5.49. The van der Waals surface area contributed by atoms with Gasteiger partial charge in [-0.2, -0.15) is 4.98 Å². The van der Waals surface area contributed by atoms with Gasteiger partial charge < -0.3 is 4.42 Å². The number of pyridine rings is 1. The molecule has 13 heavy (non-hydrogen) atoms. The van der Waals surface area contributed by atoms with Crippen molar-refractivity contribution in [2.24, 2.45) is 0 Å². The number of halogens is 1. The Balaban J connectivity index is 2.62. The van der Waals surface area contributed by atoms with Gasteiger partial charge in [0.15, 0.2) is 17.1 Å². The molecule has 4 heteroatoms. The van der Waals surface area contributed by atoms with Gasteiger partial charge in [-0.25, -0.2) is 4.98 Å². The maximum absolute atomic E-state index is 5.49. The second kappa shape index (κ2) is 3.10. The first-order valence-electron chi connectivity index (χ1n) is 4.10. The number of hydrogen-bond acceptors (Lipinski definition) is 3. The SMILES string of the molecule is CC(C)c1nc2nc(Br)ccc2o1. The molecule has 2 aromatic rings. The van der Waals surface area contributed by atoms with Crippen molar-refractivity contribution >= 4 is 27.2 Å². The zero-order chi connectivity index (χ0) is 9.42. The Morgan fingerprint density at radius 3 is 2.77 bits per heavy atom. The van der Waals surface area contributed by atoms with Crippen LogP contribution in [0.1, 0.15) is 25.7 Å². The summed E-state index contributed by atoms with van der Waals surface area (Å²) in [5.41, 5.74) is 1.41. The second-order valence-corrected chi connectivity index (χ2v) is 3.97. The molecule has 0 saturated carbocycles. The Labute approximate surface area is 84.3 Å². The van der Waals surface area contributed by atoms with Crippen LogP contribution in [0.25, 0.3) is 11.2 Å². The van der Waals surface area contributed by atoms with Crippen molar-refractivity contribution < 1.29 is 4.42 Å². The molecule has 2 aromatic heterocycles. The minimum absolute atomic E-state index is 0.299. The first kappa shape index (κ1) is 8.69. The molecular formula is C9H9BrN2O. The van der Waals surface area contributed by atoms with E-state index in [0.717, 1.165) is 16.1 Å². The average Bonchev–Trinajstić information content (AvgIpc) is 2.46. The molecule has 0 fully saturated rings. The van der Waals surface area contributed by atoms with Crippen LogP contribution in [-0.4, -0.2) is 9.97 Å². The van der Waals surface area contributed by atoms with Gasteiger partial charge in [-0.3, -0.25) is 0 Å². The lowest BCUT2D eigenvalue weighted by Gasteiger charge is -1.93. The lowest BCUT2D eigenvalue weighted by Crippen LogP contribution is -1.85. The quantitative estimate of drug-likeness (QED) is 0.720. The fraction of sp³-hybridized carbons (Fsp3) is 0.333. The van der Waals surface area contributed by atoms with E-state index >= 15 is 0 Å². The van der Waals surface area contributed by atoms with Crippen LogP contribution in [0.4, 0.5) is 0 Å². The van der Waals surface area contributed by atoms with Crippen LogP contribution >= 0.6 is 15.9 Å². The Morgan fingerprint density at radius 1 is 1.31 bits per heavy atom. The fourth-order valence-electron chi connectivity index (χ4n) is 1.06. The largest absolute Gasteiger partial charge is 0.439 e. The highest BCUT2D eigenvalue weighted by Gasteiger charge is 2.09. The Morgan fingerprint density at radius 2 is 2.08 bits per heavy atom. The highest BCUT2D eigenvalue weighted by atomic mass is 79.9. The van der Waals surface area contributed by atoms with Gasteiger partial charge in [-0.15, -0.1) is 0 Å². The van der Waals surface area contributed by atoms with Crippen molar-refractivity contribution in [3.8, 4) is 0 Å². The highest BCUT2D eigenvalue weighted by molar-refractivity contribution is 9.10. The second-order valence-electron chi connectivity index (χ2n) is 3.16. The van der Waals surface area contributed by atoms with E-state index in [9.17, 15) is 0 Å². The molecular weight excluding hydrogens is 232 g/mol. The van der Waals surface area contributed by atoms with E-state index in [0.29, 0.717) is 11.6 Å². The number of nitrogens with zero attached hydrogens (tertiary/aromatic N) is 2. The smallest absolute Gasteiger partial charge is 0.199 e. The van der Waals surface area contributed by atoms with E-state index in [1.807, 2.05) is 26.0 Å². The van der Waals surface area contributed by atoms with E-state index in [1.165, 1.54) is 0 Å². The summed E-state index contributed by atoms with van der Waals surface area (Å²) in [5, 5.41) is 0. The Bertz CT molecular complexity index is 436. The van der Waals surface area contributed by atoms with Crippen LogP contribution in [0.2, 0.25) is 0 Å². The molecule has 0 unspecified atom stereocenters. The van der Waals surface area contributed by atoms with Crippen LogP contribution in [0.3, 0.4) is 0 Å². The third kappa shape index (κ3) is 1.58. The monoisotopic (exact) mass is 240 g/mol. The minimum Gasteiger partial charge on any atom is -0.439 e. The normalized spacial score (nSPS) is 11.4. The van der Waals surface area contributed by atoms with Crippen LogP contribution in [0, 0.1) is 0 Å². The third-order valence-corrected chi connectivity index (χ3v) is 2.17. The van der Waals surface area contributed by atoms with E-state index in [-0.39, 0.29) is 0 Å². The third-order valence-electron chi connectivity index (χ3n) is 1.73. The molecule has 0 amide bonds. The average molecular weight is 241 g/mol. The molecule has 0 aliphatic heterocycles. The number of hydrogen-bond donors (Lipinski definition) is 0. The summed E-state index contributed by atoms with van der Waals surface area (Å²) >= 11 is 3.29. The van der Waals surface area contributed by atoms with E-state index in [4.69, 9.17) is 4.42 Å². The standard InChI is InChI=1S/C9H9BrN2O/c1-5(2)9-12-8-6(13-9)3-4-7(10)11-8/h3-5H,1-2H3. The van der Waals surface area contributed by atoms with Crippen molar-refractivity contribution in [2.45, 2.75) is 19.8 Å². The first-order valence-corrected chi connectivity index (χ1v) is 4.89. The molecule has 2 rings (SSSR count). The molecule has 0 aliphatic rings. The molecule has 0 spiro atoms. The predicted molar refractivity (Wildman–Crippen MR) is 53.6 cm³/mol. The van der Waals surface area contributed by atoms with Crippen LogP contribution in [-0.2, 0) is 0 Å². The van der Waals surface area contributed by atoms with Gasteiger partial charge in [0.05, 0.1) is 0 Å². The summed E-state index contributed by atoms with van der Waals surface area (Å²) in [4.78, 5) is 8.46. The van der Waals surface area contributed by atoms with E-state index in [1.54, 1.807) is 0 Å². The zero-order valence-corrected chi connectivity index (χ0v) is 9.00. The summed E-state index contributed by atoms with van der Waals surface area (Å²) < 4.78 is 6.27.